The topological polar surface area (TPSA) is 102 Å². The number of rotatable bonds is 5. The van der Waals surface area contributed by atoms with Gasteiger partial charge in [-0.15, -0.1) is 11.8 Å². The zero-order valence-electron chi connectivity index (χ0n) is 14.5. The SMILES string of the molecule is CC1(C)CC(NC2CCC2)CC1SC1O[C@H](CO)[C@H](O)[C@H](O)[C@H]1O. The van der Waals surface area contributed by atoms with E-state index in [1.165, 1.54) is 31.0 Å². The van der Waals surface area contributed by atoms with Crippen LogP contribution >= 0.6 is 11.8 Å². The summed E-state index contributed by atoms with van der Waals surface area (Å²) in [5, 5.41) is 43.5. The van der Waals surface area contributed by atoms with Gasteiger partial charge >= 0.3 is 0 Å². The summed E-state index contributed by atoms with van der Waals surface area (Å²) in [6.45, 7) is 4.09. The van der Waals surface area contributed by atoms with Crippen molar-refractivity contribution in [3.05, 3.63) is 0 Å². The van der Waals surface area contributed by atoms with E-state index in [1.807, 2.05) is 0 Å². The fourth-order valence-electron chi connectivity index (χ4n) is 4.04. The number of hydrogen-bond donors (Lipinski definition) is 5. The molecule has 3 unspecified atom stereocenters. The van der Waals surface area contributed by atoms with Crippen molar-refractivity contribution in [2.75, 3.05) is 6.61 Å². The molecule has 6 nitrogen and oxygen atoms in total. The summed E-state index contributed by atoms with van der Waals surface area (Å²) in [5.41, 5.74) is -0.530. The molecule has 2 aliphatic carbocycles. The third-order valence-electron chi connectivity index (χ3n) is 5.87. The fraction of sp³-hybridized carbons (Fsp3) is 1.00. The van der Waals surface area contributed by atoms with Crippen molar-refractivity contribution in [1.82, 2.24) is 5.32 Å². The lowest BCUT2D eigenvalue weighted by Crippen LogP contribution is -2.58. The van der Waals surface area contributed by atoms with Crippen LogP contribution in [0.5, 0.6) is 0 Å². The highest BCUT2D eigenvalue weighted by molar-refractivity contribution is 8.00. The van der Waals surface area contributed by atoms with Crippen LogP contribution in [0.25, 0.3) is 0 Å². The molecule has 24 heavy (non-hydrogen) atoms. The summed E-state index contributed by atoms with van der Waals surface area (Å²) in [5.74, 6) is 0. The van der Waals surface area contributed by atoms with E-state index in [9.17, 15) is 20.4 Å². The van der Waals surface area contributed by atoms with Crippen LogP contribution in [0.3, 0.4) is 0 Å². The molecule has 0 amide bonds. The molecular weight excluding hydrogens is 330 g/mol. The number of hydrogen-bond acceptors (Lipinski definition) is 7. The Bertz CT molecular complexity index is 431. The van der Waals surface area contributed by atoms with Crippen LogP contribution in [0.4, 0.5) is 0 Å². The van der Waals surface area contributed by atoms with Gasteiger partial charge in [-0.1, -0.05) is 20.3 Å². The van der Waals surface area contributed by atoms with Crippen LogP contribution in [-0.4, -0.2) is 74.2 Å². The van der Waals surface area contributed by atoms with Crippen molar-refractivity contribution in [1.29, 1.82) is 0 Å². The van der Waals surface area contributed by atoms with Gasteiger partial charge in [-0.25, -0.2) is 0 Å². The first-order chi connectivity index (χ1) is 11.3. The fourth-order valence-corrected chi connectivity index (χ4v) is 5.70. The van der Waals surface area contributed by atoms with E-state index in [0.29, 0.717) is 12.1 Å². The van der Waals surface area contributed by atoms with Gasteiger partial charge in [0.2, 0.25) is 0 Å². The molecule has 1 aliphatic heterocycles. The zero-order valence-corrected chi connectivity index (χ0v) is 15.3. The molecular formula is C17H31NO5S. The van der Waals surface area contributed by atoms with E-state index in [-0.39, 0.29) is 17.3 Å². The van der Waals surface area contributed by atoms with Crippen LogP contribution in [-0.2, 0) is 4.74 Å². The van der Waals surface area contributed by atoms with Gasteiger partial charge < -0.3 is 30.5 Å². The second-order valence-corrected chi connectivity index (χ2v) is 9.55. The molecule has 1 heterocycles. The smallest absolute Gasteiger partial charge is 0.132 e. The molecule has 2 saturated carbocycles. The maximum atomic E-state index is 10.3. The summed E-state index contributed by atoms with van der Waals surface area (Å²) >= 11 is 1.53. The monoisotopic (exact) mass is 361 g/mol. The van der Waals surface area contributed by atoms with E-state index in [1.54, 1.807) is 0 Å². The molecule has 0 aromatic heterocycles. The summed E-state index contributed by atoms with van der Waals surface area (Å²) < 4.78 is 5.67. The van der Waals surface area contributed by atoms with Gasteiger partial charge in [0.15, 0.2) is 0 Å². The van der Waals surface area contributed by atoms with Gasteiger partial charge in [-0.2, -0.15) is 0 Å². The first-order valence-corrected chi connectivity index (χ1v) is 9.98. The average Bonchev–Trinajstić information content (AvgIpc) is 2.77. The molecule has 0 aromatic carbocycles. The van der Waals surface area contributed by atoms with Gasteiger partial charge in [0.05, 0.1) is 6.61 Å². The van der Waals surface area contributed by atoms with Crippen LogP contribution in [0, 0.1) is 5.41 Å². The Kier molecular flexibility index (Phi) is 5.81. The summed E-state index contributed by atoms with van der Waals surface area (Å²) in [7, 11) is 0. The van der Waals surface area contributed by atoms with Crippen LogP contribution < -0.4 is 5.32 Å². The summed E-state index contributed by atoms with van der Waals surface area (Å²) in [6, 6.07) is 1.13. The van der Waals surface area contributed by atoms with E-state index < -0.39 is 29.9 Å². The minimum Gasteiger partial charge on any atom is -0.394 e. The third kappa shape index (κ3) is 3.77. The van der Waals surface area contributed by atoms with Crippen LogP contribution in [0.2, 0.25) is 0 Å². The Morgan fingerprint density at radius 1 is 1.08 bits per heavy atom. The lowest BCUT2D eigenvalue weighted by molar-refractivity contribution is -0.205. The van der Waals surface area contributed by atoms with Crippen molar-refractivity contribution in [2.45, 2.75) is 93.1 Å². The summed E-state index contributed by atoms with van der Waals surface area (Å²) in [4.78, 5) is 0. The molecule has 7 atom stereocenters. The molecule has 0 radical (unpaired) electrons. The Morgan fingerprint density at radius 3 is 2.38 bits per heavy atom. The predicted molar refractivity (Wildman–Crippen MR) is 92.7 cm³/mol. The Morgan fingerprint density at radius 2 is 1.79 bits per heavy atom. The Hall–Kier alpha value is 0.110. The third-order valence-corrected chi connectivity index (χ3v) is 7.68. The normalized spacial score (nSPS) is 46.0. The standard InChI is InChI=1S/C17H31NO5S/c1-17(2)7-10(18-9-4-3-5-9)6-12(17)24-16-15(22)14(21)13(20)11(8-19)23-16/h9-16,18-22H,3-8H2,1-2H3/t10?,11-,12?,13+,14+,15-,16?/m1/s1. The highest BCUT2D eigenvalue weighted by Gasteiger charge is 2.48. The van der Waals surface area contributed by atoms with Crippen molar-refractivity contribution in [2.24, 2.45) is 5.41 Å². The molecule has 1 saturated heterocycles. The average molecular weight is 362 g/mol. The molecule has 5 N–H and O–H groups in total. The zero-order chi connectivity index (χ0) is 17.5. The highest BCUT2D eigenvalue weighted by atomic mass is 32.2. The van der Waals surface area contributed by atoms with Crippen molar-refractivity contribution >= 4 is 11.8 Å². The van der Waals surface area contributed by atoms with Crippen molar-refractivity contribution in [3.8, 4) is 0 Å². The largest absolute Gasteiger partial charge is 0.394 e. The number of aliphatic hydroxyl groups is 4. The molecule has 7 heteroatoms. The summed E-state index contributed by atoms with van der Waals surface area (Å²) in [6.07, 6.45) is 1.38. The van der Waals surface area contributed by atoms with Crippen molar-refractivity contribution < 1.29 is 25.2 Å². The Labute approximate surface area is 148 Å². The molecule has 0 spiro atoms. The van der Waals surface area contributed by atoms with Gasteiger partial charge in [0.25, 0.3) is 0 Å². The van der Waals surface area contributed by atoms with Gasteiger partial charge in [-0.3, -0.25) is 0 Å². The highest BCUT2D eigenvalue weighted by Crippen LogP contribution is 2.48. The van der Waals surface area contributed by atoms with Gasteiger partial charge in [-0.05, 0) is 31.1 Å². The lowest BCUT2D eigenvalue weighted by Gasteiger charge is -2.41. The molecule has 140 valence electrons. The maximum absolute atomic E-state index is 10.3. The number of aliphatic hydroxyl groups excluding tert-OH is 4. The molecule has 3 fully saturated rings. The molecule has 0 bridgehead atoms. The van der Waals surface area contributed by atoms with Crippen LogP contribution in [0.1, 0.15) is 46.0 Å². The second kappa shape index (κ2) is 7.39. The lowest BCUT2D eigenvalue weighted by atomic mass is 9.90. The van der Waals surface area contributed by atoms with Gasteiger partial charge in [0.1, 0.15) is 29.9 Å². The van der Waals surface area contributed by atoms with Crippen LogP contribution in [0.15, 0.2) is 0 Å². The molecule has 3 rings (SSSR count). The quantitative estimate of drug-likeness (QED) is 0.477. The second-order valence-electron chi connectivity index (χ2n) is 8.24. The minimum absolute atomic E-state index is 0.102. The van der Waals surface area contributed by atoms with E-state index in [2.05, 4.69) is 19.2 Å². The number of ether oxygens (including phenoxy) is 1. The maximum Gasteiger partial charge on any atom is 0.132 e. The Balaban J connectivity index is 1.61. The van der Waals surface area contributed by atoms with E-state index in [0.717, 1.165) is 12.8 Å². The van der Waals surface area contributed by atoms with Crippen molar-refractivity contribution in [3.63, 3.8) is 0 Å². The van der Waals surface area contributed by atoms with E-state index >= 15 is 0 Å². The van der Waals surface area contributed by atoms with Gasteiger partial charge in [0, 0.05) is 17.3 Å². The van der Waals surface area contributed by atoms with E-state index in [4.69, 9.17) is 4.74 Å². The first-order valence-electron chi connectivity index (χ1n) is 9.04. The minimum atomic E-state index is -1.29. The molecule has 0 aromatic rings. The number of nitrogens with one attached hydrogen (secondary N) is 1. The molecule has 3 aliphatic rings. The number of thioether (sulfide) groups is 1. The predicted octanol–water partition coefficient (Wildman–Crippen LogP) is 0.219. The first kappa shape index (κ1) is 18.9.